The van der Waals surface area contributed by atoms with Crippen LogP contribution in [0.15, 0.2) is 0 Å². The molecule has 1 N–H and O–H groups in total. The van der Waals surface area contributed by atoms with Gasteiger partial charge in [-0.05, 0) is 31.9 Å². The molecule has 100 valence electrons. The molecule has 3 heteroatoms. The summed E-state index contributed by atoms with van der Waals surface area (Å²) in [4.78, 5) is 2.78. The Hall–Kier alpha value is 0.270. The normalized spacial score (nSPS) is 39.7. The molecule has 2 nitrogen and oxygen atoms in total. The minimum atomic E-state index is 0.349. The van der Waals surface area contributed by atoms with E-state index in [1.54, 1.807) is 0 Å². The molecule has 3 unspecified atom stereocenters. The van der Waals surface area contributed by atoms with Gasteiger partial charge in [0.2, 0.25) is 0 Å². The van der Waals surface area contributed by atoms with Gasteiger partial charge in [-0.25, -0.2) is 0 Å². The van der Waals surface area contributed by atoms with Crippen molar-refractivity contribution in [3.63, 3.8) is 0 Å². The first-order chi connectivity index (χ1) is 8.18. The van der Waals surface area contributed by atoms with Gasteiger partial charge in [0.25, 0.3) is 0 Å². The van der Waals surface area contributed by atoms with Gasteiger partial charge in [0.15, 0.2) is 0 Å². The van der Waals surface area contributed by atoms with Crippen LogP contribution in [0, 0.1) is 0 Å². The van der Waals surface area contributed by atoms with E-state index < -0.39 is 0 Å². The van der Waals surface area contributed by atoms with Gasteiger partial charge in [0.05, 0.1) is 0 Å². The van der Waals surface area contributed by atoms with Crippen LogP contribution >= 0.6 is 11.8 Å². The first kappa shape index (κ1) is 13.7. The summed E-state index contributed by atoms with van der Waals surface area (Å²) in [6.45, 7) is 10.7. The molecule has 1 aliphatic heterocycles. The van der Waals surface area contributed by atoms with Crippen LogP contribution in [0.5, 0.6) is 0 Å². The van der Waals surface area contributed by atoms with E-state index in [1.807, 2.05) is 0 Å². The van der Waals surface area contributed by atoms with Crippen molar-refractivity contribution in [1.29, 1.82) is 0 Å². The Kier molecular flexibility index (Phi) is 4.79. The van der Waals surface area contributed by atoms with Crippen molar-refractivity contribution in [2.45, 2.75) is 63.3 Å². The summed E-state index contributed by atoms with van der Waals surface area (Å²) in [5.74, 6) is 1.28. The van der Waals surface area contributed by atoms with Crippen molar-refractivity contribution in [2.75, 3.05) is 25.4 Å². The van der Waals surface area contributed by atoms with Crippen molar-refractivity contribution in [2.24, 2.45) is 0 Å². The summed E-state index contributed by atoms with van der Waals surface area (Å²) >= 11 is 2.19. The molecule has 1 heterocycles. The zero-order chi connectivity index (χ0) is 12.3. The first-order valence-corrected chi connectivity index (χ1v) is 8.34. The maximum Gasteiger partial charge on any atom is 0.0278 e. The van der Waals surface area contributed by atoms with Crippen molar-refractivity contribution in [3.8, 4) is 0 Å². The van der Waals surface area contributed by atoms with Crippen LogP contribution < -0.4 is 5.32 Å². The summed E-state index contributed by atoms with van der Waals surface area (Å²) in [5.41, 5.74) is 0.349. The minimum absolute atomic E-state index is 0.349. The highest BCUT2D eigenvalue weighted by molar-refractivity contribution is 7.99. The van der Waals surface area contributed by atoms with Gasteiger partial charge in [-0.2, -0.15) is 11.8 Å². The summed E-state index contributed by atoms with van der Waals surface area (Å²) in [6.07, 6.45) is 5.55. The van der Waals surface area contributed by atoms with E-state index in [9.17, 15) is 0 Å². The smallest absolute Gasteiger partial charge is 0.0278 e. The molecule has 0 aromatic rings. The van der Waals surface area contributed by atoms with Crippen LogP contribution in [0.2, 0.25) is 0 Å². The lowest BCUT2D eigenvalue weighted by Crippen LogP contribution is -2.61. The number of hydrogen-bond acceptors (Lipinski definition) is 3. The zero-order valence-corrected chi connectivity index (χ0v) is 12.5. The molecule has 3 atom stereocenters. The van der Waals surface area contributed by atoms with Crippen molar-refractivity contribution in [3.05, 3.63) is 0 Å². The van der Waals surface area contributed by atoms with E-state index in [4.69, 9.17) is 0 Å². The van der Waals surface area contributed by atoms with E-state index in [-0.39, 0.29) is 0 Å². The molecule has 1 saturated carbocycles. The Labute approximate surface area is 111 Å². The van der Waals surface area contributed by atoms with Crippen LogP contribution in [0.1, 0.15) is 46.5 Å². The van der Waals surface area contributed by atoms with Gasteiger partial charge in [0, 0.05) is 36.5 Å². The maximum atomic E-state index is 3.70. The molecule has 1 saturated heterocycles. The molecule has 1 aliphatic carbocycles. The lowest BCUT2D eigenvalue weighted by Gasteiger charge is -2.45. The lowest BCUT2D eigenvalue weighted by atomic mass is 9.94. The summed E-state index contributed by atoms with van der Waals surface area (Å²) < 4.78 is 0. The van der Waals surface area contributed by atoms with Gasteiger partial charge in [0.1, 0.15) is 0 Å². The van der Waals surface area contributed by atoms with Crippen molar-refractivity contribution < 1.29 is 0 Å². The van der Waals surface area contributed by atoms with Crippen LogP contribution in [0.4, 0.5) is 0 Å². The molecule has 2 fully saturated rings. The molecule has 0 radical (unpaired) electrons. The second kappa shape index (κ2) is 5.94. The molecule has 2 rings (SSSR count). The number of thioether (sulfide) groups is 1. The SMILES string of the molecule is CCSC1CCCC1N1CCNC(C)(CC)C1. The Morgan fingerprint density at radius 2 is 2.18 bits per heavy atom. The monoisotopic (exact) mass is 256 g/mol. The Balaban J connectivity index is 1.96. The molecule has 2 aliphatic rings. The average molecular weight is 256 g/mol. The highest BCUT2D eigenvalue weighted by atomic mass is 32.2. The van der Waals surface area contributed by atoms with Gasteiger partial charge < -0.3 is 5.32 Å². The Bertz CT molecular complexity index is 246. The van der Waals surface area contributed by atoms with Crippen LogP contribution in [-0.4, -0.2) is 47.1 Å². The van der Waals surface area contributed by atoms with Crippen molar-refractivity contribution in [1.82, 2.24) is 10.2 Å². The molecule has 0 spiro atoms. The summed E-state index contributed by atoms with van der Waals surface area (Å²) in [6, 6.07) is 0.855. The lowest BCUT2D eigenvalue weighted by molar-refractivity contribution is 0.102. The molecular weight excluding hydrogens is 228 g/mol. The molecule has 17 heavy (non-hydrogen) atoms. The predicted molar refractivity (Wildman–Crippen MR) is 77.8 cm³/mol. The average Bonchev–Trinajstić information content (AvgIpc) is 2.78. The minimum Gasteiger partial charge on any atom is -0.309 e. The molecule has 0 bridgehead atoms. The van der Waals surface area contributed by atoms with E-state index >= 15 is 0 Å². The fourth-order valence-electron chi connectivity index (χ4n) is 3.34. The standard InChI is InChI=1S/C14H28N2S/c1-4-14(3)11-16(10-9-15-14)12-7-6-8-13(12)17-5-2/h12-13,15H,4-11H2,1-3H3. The third-order valence-electron chi connectivity index (χ3n) is 4.55. The van der Waals surface area contributed by atoms with Gasteiger partial charge in [-0.15, -0.1) is 0 Å². The second-order valence-corrected chi connectivity index (χ2v) is 7.32. The molecular formula is C14H28N2S. The predicted octanol–water partition coefficient (Wildman–Crippen LogP) is 2.73. The van der Waals surface area contributed by atoms with Crippen molar-refractivity contribution >= 4 is 11.8 Å². The van der Waals surface area contributed by atoms with E-state index in [0.717, 1.165) is 11.3 Å². The van der Waals surface area contributed by atoms with E-state index in [0.29, 0.717) is 5.54 Å². The van der Waals surface area contributed by atoms with E-state index in [2.05, 4.69) is 42.7 Å². The molecule has 0 amide bonds. The third-order valence-corrected chi connectivity index (χ3v) is 5.86. The number of nitrogens with one attached hydrogen (secondary N) is 1. The fourth-order valence-corrected chi connectivity index (χ4v) is 4.63. The highest BCUT2D eigenvalue weighted by Gasteiger charge is 2.37. The summed E-state index contributed by atoms with van der Waals surface area (Å²) in [7, 11) is 0. The second-order valence-electron chi connectivity index (χ2n) is 5.80. The van der Waals surface area contributed by atoms with Gasteiger partial charge in [-0.1, -0.05) is 20.3 Å². The topological polar surface area (TPSA) is 15.3 Å². The third kappa shape index (κ3) is 3.18. The van der Waals surface area contributed by atoms with Crippen LogP contribution in [0.3, 0.4) is 0 Å². The maximum absolute atomic E-state index is 3.70. The van der Waals surface area contributed by atoms with Gasteiger partial charge in [-0.3, -0.25) is 4.90 Å². The Morgan fingerprint density at radius 1 is 1.35 bits per heavy atom. The van der Waals surface area contributed by atoms with E-state index in [1.165, 1.54) is 51.1 Å². The van der Waals surface area contributed by atoms with Crippen LogP contribution in [-0.2, 0) is 0 Å². The quantitative estimate of drug-likeness (QED) is 0.832. The fraction of sp³-hybridized carbons (Fsp3) is 1.00. The number of nitrogens with zero attached hydrogens (tertiary/aromatic N) is 1. The molecule has 0 aromatic carbocycles. The number of piperazine rings is 1. The Morgan fingerprint density at radius 3 is 2.88 bits per heavy atom. The highest BCUT2D eigenvalue weighted by Crippen LogP contribution is 2.34. The largest absolute Gasteiger partial charge is 0.309 e. The first-order valence-electron chi connectivity index (χ1n) is 7.29. The summed E-state index contributed by atoms with van der Waals surface area (Å²) in [5, 5.41) is 4.60. The number of rotatable bonds is 4. The van der Waals surface area contributed by atoms with Crippen LogP contribution in [0.25, 0.3) is 0 Å². The zero-order valence-electron chi connectivity index (χ0n) is 11.7. The van der Waals surface area contributed by atoms with Gasteiger partial charge >= 0.3 is 0 Å². The molecule has 0 aromatic heterocycles. The number of hydrogen-bond donors (Lipinski definition) is 1.